The number of hydrogen-bond acceptors (Lipinski definition) is 4. The van der Waals surface area contributed by atoms with E-state index in [-0.39, 0.29) is 17.1 Å². The summed E-state index contributed by atoms with van der Waals surface area (Å²) < 4.78 is 4.61. The topological polar surface area (TPSA) is 55.4 Å². The molecule has 0 aromatic rings. The number of carbonyl (C=O) groups excluding carboxylic acids is 2. The van der Waals surface area contributed by atoms with E-state index in [4.69, 9.17) is 0 Å². The maximum absolute atomic E-state index is 11.8. The third kappa shape index (κ3) is 6.85. The molecule has 0 heterocycles. The first-order valence-corrected chi connectivity index (χ1v) is 8.04. The first kappa shape index (κ1) is 16.3. The zero-order valence-corrected chi connectivity index (χ0v) is 12.9. The molecular weight excluding hydrogens is 262 g/mol. The molecule has 1 fully saturated rings. The summed E-state index contributed by atoms with van der Waals surface area (Å²) in [5, 5.41) is 3.20. The minimum Gasteiger partial charge on any atom is -0.469 e. The van der Waals surface area contributed by atoms with Crippen LogP contribution in [0.3, 0.4) is 0 Å². The second kappa shape index (κ2) is 8.46. The summed E-state index contributed by atoms with van der Waals surface area (Å²) in [6, 6.07) is 0.347. The number of rotatable bonds is 6. The van der Waals surface area contributed by atoms with Crippen LogP contribution in [0.25, 0.3) is 0 Å². The molecule has 0 saturated heterocycles. The van der Waals surface area contributed by atoms with Gasteiger partial charge in [-0.15, -0.1) is 11.8 Å². The summed E-state index contributed by atoms with van der Waals surface area (Å²) in [7, 11) is 1.39. The van der Waals surface area contributed by atoms with E-state index in [0.717, 1.165) is 18.8 Å². The highest BCUT2D eigenvalue weighted by Gasteiger charge is 2.20. The smallest absolute Gasteiger partial charge is 0.306 e. The summed E-state index contributed by atoms with van der Waals surface area (Å²) in [6.07, 6.45) is 4.95. The quantitative estimate of drug-likeness (QED) is 0.762. The molecule has 0 spiro atoms. The average Bonchev–Trinajstić information content (AvgIpc) is 2.39. The van der Waals surface area contributed by atoms with Gasteiger partial charge in [0.2, 0.25) is 5.91 Å². The summed E-state index contributed by atoms with van der Waals surface area (Å²) >= 11 is 1.50. The van der Waals surface area contributed by atoms with Crippen LogP contribution in [0.15, 0.2) is 0 Å². The highest BCUT2D eigenvalue weighted by atomic mass is 32.2. The minimum atomic E-state index is -0.221. The lowest BCUT2D eigenvalue weighted by molar-refractivity contribution is -0.140. The van der Waals surface area contributed by atoms with E-state index >= 15 is 0 Å². The van der Waals surface area contributed by atoms with E-state index in [9.17, 15) is 9.59 Å². The third-order valence-corrected chi connectivity index (χ3v) is 4.73. The van der Waals surface area contributed by atoms with Crippen molar-refractivity contribution in [1.29, 1.82) is 0 Å². The molecule has 1 aliphatic carbocycles. The Morgan fingerprint density at radius 2 is 1.95 bits per heavy atom. The second-order valence-corrected chi connectivity index (χ2v) is 6.85. The molecule has 1 rings (SSSR count). The Hall–Kier alpha value is -0.710. The van der Waals surface area contributed by atoms with Gasteiger partial charge in [-0.1, -0.05) is 13.8 Å². The molecule has 110 valence electrons. The van der Waals surface area contributed by atoms with E-state index in [2.05, 4.69) is 17.0 Å². The SMILES string of the molecule is COC(=O)CC(C)SCC(=O)NC1CCC(C)CC1. The Morgan fingerprint density at radius 3 is 2.53 bits per heavy atom. The van der Waals surface area contributed by atoms with Gasteiger partial charge in [-0.3, -0.25) is 9.59 Å². The van der Waals surface area contributed by atoms with Gasteiger partial charge in [0.05, 0.1) is 19.3 Å². The van der Waals surface area contributed by atoms with Crippen LogP contribution in [0.4, 0.5) is 0 Å². The fraction of sp³-hybridized carbons (Fsp3) is 0.857. The van der Waals surface area contributed by atoms with Crippen molar-refractivity contribution < 1.29 is 14.3 Å². The summed E-state index contributed by atoms with van der Waals surface area (Å²) in [6.45, 7) is 4.21. The van der Waals surface area contributed by atoms with Gasteiger partial charge in [0.15, 0.2) is 0 Å². The predicted molar refractivity (Wildman–Crippen MR) is 78.1 cm³/mol. The molecule has 1 unspecified atom stereocenters. The van der Waals surface area contributed by atoms with E-state index in [1.165, 1.54) is 31.7 Å². The fourth-order valence-corrected chi connectivity index (χ4v) is 3.04. The number of amides is 1. The summed E-state index contributed by atoms with van der Waals surface area (Å²) in [5.74, 6) is 1.08. The van der Waals surface area contributed by atoms with Gasteiger partial charge < -0.3 is 10.1 Å². The molecule has 0 radical (unpaired) electrons. The maximum atomic E-state index is 11.8. The van der Waals surface area contributed by atoms with Gasteiger partial charge in [0.1, 0.15) is 0 Å². The monoisotopic (exact) mass is 287 g/mol. The van der Waals surface area contributed by atoms with E-state index < -0.39 is 0 Å². The lowest BCUT2D eigenvalue weighted by atomic mass is 9.87. The molecule has 0 aromatic carbocycles. The number of esters is 1. The highest BCUT2D eigenvalue weighted by molar-refractivity contribution is 8.00. The lowest BCUT2D eigenvalue weighted by Gasteiger charge is -2.27. The van der Waals surface area contributed by atoms with Crippen molar-refractivity contribution >= 4 is 23.6 Å². The second-order valence-electron chi connectivity index (χ2n) is 5.43. The molecule has 1 N–H and O–H groups in total. The van der Waals surface area contributed by atoms with Gasteiger partial charge in [-0.25, -0.2) is 0 Å². The normalized spacial score (nSPS) is 24.6. The molecule has 0 aliphatic heterocycles. The van der Waals surface area contributed by atoms with Gasteiger partial charge in [-0.05, 0) is 31.6 Å². The molecular formula is C14H25NO3S. The van der Waals surface area contributed by atoms with Crippen LogP contribution in [-0.4, -0.2) is 36.0 Å². The number of methoxy groups -OCH3 is 1. The summed E-state index contributed by atoms with van der Waals surface area (Å²) in [4.78, 5) is 22.9. The fourth-order valence-electron chi connectivity index (χ4n) is 2.27. The number of hydrogen-bond donors (Lipinski definition) is 1. The van der Waals surface area contributed by atoms with Crippen molar-refractivity contribution in [2.24, 2.45) is 5.92 Å². The standard InChI is InChI=1S/C14H25NO3S/c1-10-4-6-12(7-5-10)15-13(16)9-19-11(2)8-14(17)18-3/h10-12H,4-9H2,1-3H3,(H,15,16). The Kier molecular flexibility index (Phi) is 7.28. The van der Waals surface area contributed by atoms with Gasteiger partial charge >= 0.3 is 5.97 Å². The Bertz CT molecular complexity index is 301. The number of nitrogens with one attached hydrogen (secondary N) is 1. The van der Waals surface area contributed by atoms with Crippen LogP contribution < -0.4 is 5.32 Å². The van der Waals surface area contributed by atoms with Gasteiger partial charge in [0, 0.05) is 11.3 Å². The Morgan fingerprint density at radius 1 is 1.32 bits per heavy atom. The average molecular weight is 287 g/mol. The van der Waals surface area contributed by atoms with Crippen molar-refractivity contribution in [3.63, 3.8) is 0 Å². The van der Waals surface area contributed by atoms with Crippen LogP contribution in [-0.2, 0) is 14.3 Å². The Labute approximate surface area is 120 Å². The van der Waals surface area contributed by atoms with Crippen molar-refractivity contribution in [3.8, 4) is 0 Å². The molecule has 1 atom stereocenters. The zero-order chi connectivity index (χ0) is 14.3. The van der Waals surface area contributed by atoms with E-state index in [1.54, 1.807) is 0 Å². The third-order valence-electron chi connectivity index (χ3n) is 3.56. The summed E-state index contributed by atoms with van der Waals surface area (Å²) in [5.41, 5.74) is 0. The predicted octanol–water partition coefficient (Wildman–Crippen LogP) is 2.37. The molecule has 1 saturated carbocycles. The first-order chi connectivity index (χ1) is 9.01. The molecule has 0 aromatic heterocycles. The van der Waals surface area contributed by atoms with Crippen molar-refractivity contribution in [2.75, 3.05) is 12.9 Å². The molecule has 19 heavy (non-hydrogen) atoms. The molecule has 4 nitrogen and oxygen atoms in total. The molecule has 5 heteroatoms. The van der Waals surface area contributed by atoms with Gasteiger partial charge in [0.25, 0.3) is 0 Å². The lowest BCUT2D eigenvalue weighted by Crippen LogP contribution is -2.38. The number of ether oxygens (including phenoxy) is 1. The van der Waals surface area contributed by atoms with E-state index in [0.29, 0.717) is 18.2 Å². The van der Waals surface area contributed by atoms with Crippen LogP contribution in [0, 0.1) is 5.92 Å². The van der Waals surface area contributed by atoms with Crippen LogP contribution in [0.1, 0.15) is 46.0 Å². The van der Waals surface area contributed by atoms with Crippen molar-refractivity contribution in [2.45, 2.75) is 57.2 Å². The highest BCUT2D eigenvalue weighted by Crippen LogP contribution is 2.23. The van der Waals surface area contributed by atoms with Crippen LogP contribution in [0.5, 0.6) is 0 Å². The van der Waals surface area contributed by atoms with Crippen LogP contribution in [0.2, 0.25) is 0 Å². The Balaban J connectivity index is 2.15. The van der Waals surface area contributed by atoms with Crippen molar-refractivity contribution in [1.82, 2.24) is 5.32 Å². The molecule has 1 amide bonds. The molecule has 1 aliphatic rings. The maximum Gasteiger partial charge on any atom is 0.306 e. The molecule has 0 bridgehead atoms. The number of carbonyl (C=O) groups is 2. The van der Waals surface area contributed by atoms with Crippen molar-refractivity contribution in [3.05, 3.63) is 0 Å². The van der Waals surface area contributed by atoms with Gasteiger partial charge in [-0.2, -0.15) is 0 Å². The van der Waals surface area contributed by atoms with Crippen LogP contribution >= 0.6 is 11.8 Å². The minimum absolute atomic E-state index is 0.0845. The number of thioether (sulfide) groups is 1. The zero-order valence-electron chi connectivity index (χ0n) is 12.1. The van der Waals surface area contributed by atoms with E-state index in [1.807, 2.05) is 6.92 Å². The largest absolute Gasteiger partial charge is 0.469 e. The first-order valence-electron chi connectivity index (χ1n) is 6.99.